The maximum Gasteiger partial charge on any atom is 0.423 e. The largest absolute Gasteiger partial charge is 0.423 e. The van der Waals surface area contributed by atoms with Crippen LogP contribution in [0.25, 0.3) is 10.9 Å². The van der Waals surface area contributed by atoms with Crippen LogP contribution >= 0.6 is 20.1 Å². The Morgan fingerprint density at radius 1 is 1.48 bits per heavy atom. The Morgan fingerprint density at radius 3 is 2.78 bits per heavy atom. The molecule has 4 N–H and O–H groups in total. The molecule has 0 unspecified atom stereocenters. The SMILES string of the molecule is [3H][C@@](C=O)(CO)N(C(=O)[C@@H](N)Cc1c[nH]c2ccccc12)I(=O)=O. The van der Waals surface area contributed by atoms with Gasteiger partial charge in [0.15, 0.2) is 0 Å². The third kappa shape index (κ3) is 3.74. The van der Waals surface area contributed by atoms with Crippen molar-refractivity contribution in [2.75, 3.05) is 6.61 Å². The van der Waals surface area contributed by atoms with E-state index in [9.17, 15) is 15.7 Å². The molecule has 0 bridgehead atoms. The van der Waals surface area contributed by atoms with E-state index in [0.29, 0.717) is 5.56 Å². The number of hydrogen-bond donors (Lipinski definition) is 3. The summed E-state index contributed by atoms with van der Waals surface area (Å²) in [6.45, 7) is -1.14. The van der Waals surface area contributed by atoms with Crippen molar-refractivity contribution in [2.24, 2.45) is 5.73 Å². The molecule has 0 aliphatic carbocycles. The van der Waals surface area contributed by atoms with Crippen LogP contribution in [-0.4, -0.2) is 44.1 Å². The first-order chi connectivity index (χ1) is 11.3. The zero-order chi connectivity index (χ0) is 17.9. The van der Waals surface area contributed by atoms with Gasteiger partial charge in [-0.3, -0.25) is 4.79 Å². The molecule has 1 heterocycles. The number of hydrogen-bond acceptors (Lipinski definition) is 6. The second-order valence-electron chi connectivity index (χ2n) is 4.76. The van der Waals surface area contributed by atoms with Crippen LogP contribution in [0.1, 0.15) is 6.93 Å². The fraction of sp³-hybridized carbons (Fsp3) is 0.286. The fourth-order valence-electron chi connectivity index (χ4n) is 2.21. The second kappa shape index (κ2) is 7.62. The van der Waals surface area contributed by atoms with Gasteiger partial charge in [0.1, 0.15) is 12.3 Å². The van der Waals surface area contributed by atoms with Gasteiger partial charge < -0.3 is 20.6 Å². The average molecular weight is 435 g/mol. The number of aromatic nitrogens is 1. The zero-order valence-electron chi connectivity index (χ0n) is 12.9. The normalized spacial score (nSPS) is 15.9. The van der Waals surface area contributed by atoms with Crippen LogP contribution in [0.4, 0.5) is 0 Å². The molecule has 0 radical (unpaired) electrons. The minimum absolute atomic E-state index is 0.0176. The van der Waals surface area contributed by atoms with Crippen molar-refractivity contribution >= 4 is 43.2 Å². The molecule has 9 heteroatoms. The minimum atomic E-state index is -4.57. The van der Waals surface area contributed by atoms with Crippen LogP contribution in [-0.2, 0) is 22.1 Å². The van der Waals surface area contributed by atoms with Gasteiger partial charge >= 0.3 is 20.1 Å². The van der Waals surface area contributed by atoms with E-state index >= 15 is 0 Å². The lowest BCUT2D eigenvalue weighted by Gasteiger charge is -2.22. The van der Waals surface area contributed by atoms with Crippen LogP contribution < -0.4 is 5.73 Å². The quantitative estimate of drug-likeness (QED) is 0.330. The number of para-hydroxylation sites is 1. The number of nitrogens with two attached hydrogens (primary N) is 1. The lowest BCUT2D eigenvalue weighted by molar-refractivity contribution is -0.131. The molecule has 0 aliphatic heterocycles. The second-order valence-corrected chi connectivity index (χ2v) is 6.87. The van der Waals surface area contributed by atoms with Crippen molar-refractivity contribution in [3.63, 3.8) is 0 Å². The van der Waals surface area contributed by atoms with Gasteiger partial charge in [-0.15, -0.1) is 0 Å². The molecule has 2 atom stereocenters. The Bertz CT molecular complexity index is 829. The van der Waals surface area contributed by atoms with E-state index in [1.807, 2.05) is 24.3 Å². The highest BCUT2D eigenvalue weighted by atomic mass is 127. The van der Waals surface area contributed by atoms with Crippen molar-refractivity contribution in [1.82, 2.24) is 8.10 Å². The smallest absolute Gasteiger partial charge is 0.394 e. The van der Waals surface area contributed by atoms with Crippen LogP contribution in [0, 0.1) is 0 Å². The first kappa shape index (κ1) is 16.0. The van der Waals surface area contributed by atoms with Gasteiger partial charge in [-0.05, 0) is 18.1 Å². The van der Waals surface area contributed by atoms with E-state index in [1.165, 1.54) is 0 Å². The average Bonchev–Trinajstić information content (AvgIpc) is 2.97. The summed E-state index contributed by atoms with van der Waals surface area (Å²) in [5.41, 5.74) is 7.34. The summed E-state index contributed by atoms with van der Waals surface area (Å²) in [5.74, 6) is -1.09. The number of halogens is 1. The molecule has 2 aromatic rings. The molecule has 124 valence electrons. The molecule has 1 aromatic carbocycles. The van der Waals surface area contributed by atoms with Gasteiger partial charge in [0.2, 0.25) is 0 Å². The Hall–Kier alpha value is -1.85. The minimum Gasteiger partial charge on any atom is -0.394 e. The number of rotatable bonds is 7. The van der Waals surface area contributed by atoms with E-state index < -0.39 is 44.6 Å². The van der Waals surface area contributed by atoms with E-state index in [0.717, 1.165) is 10.9 Å². The number of amides is 1. The van der Waals surface area contributed by atoms with Gasteiger partial charge in [0.25, 0.3) is 5.91 Å². The predicted molar refractivity (Wildman–Crippen MR) is 89.2 cm³/mol. The van der Waals surface area contributed by atoms with E-state index in [1.54, 1.807) is 6.20 Å². The number of aromatic amines is 1. The standard InChI is InChI=1S/C14H16IN3O5/c16-12(14(21)18(15(22)23)10(7-19)8-20)5-9-6-17-13-4-2-1-3-11(9)13/h1-4,6-7,10,12,17,20H,5,8,16H2/t10-,12+/m1/s1/i10T. The number of aldehydes is 1. The van der Waals surface area contributed by atoms with Crippen molar-refractivity contribution in [3.8, 4) is 0 Å². The topological polar surface area (TPSA) is 134 Å². The molecule has 0 saturated carbocycles. The monoisotopic (exact) mass is 435 g/mol. The molecule has 1 amide bonds. The summed E-state index contributed by atoms with van der Waals surface area (Å²) in [4.78, 5) is 26.3. The van der Waals surface area contributed by atoms with Gasteiger partial charge in [0.05, 0.1) is 14.0 Å². The van der Waals surface area contributed by atoms with Crippen LogP contribution in [0.2, 0.25) is 0 Å². The maximum atomic E-state index is 12.4. The number of carbonyl (C=O) groups excluding carboxylic acids is 2. The number of nitrogens with zero attached hydrogens (tertiary/aromatic N) is 1. The van der Waals surface area contributed by atoms with E-state index in [-0.39, 0.29) is 15.8 Å². The van der Waals surface area contributed by atoms with Crippen molar-refractivity contribution in [3.05, 3.63) is 36.0 Å². The lowest BCUT2D eigenvalue weighted by Crippen LogP contribution is -2.47. The number of fused-ring (bicyclic) bond motifs is 1. The van der Waals surface area contributed by atoms with Gasteiger partial charge in [-0.2, -0.15) is 0 Å². The lowest BCUT2D eigenvalue weighted by atomic mass is 10.0. The molecular formula is C14H16IN3O5. The number of benzene rings is 1. The molecule has 23 heavy (non-hydrogen) atoms. The maximum absolute atomic E-state index is 12.4. The molecule has 1 aromatic heterocycles. The van der Waals surface area contributed by atoms with E-state index in [4.69, 9.17) is 12.2 Å². The van der Waals surface area contributed by atoms with Crippen LogP contribution in [0.15, 0.2) is 30.5 Å². The first-order valence-corrected chi connectivity index (χ1v) is 9.34. The van der Waals surface area contributed by atoms with Gasteiger partial charge in [-0.25, -0.2) is 9.25 Å². The number of H-pyrrole nitrogens is 1. The zero-order valence-corrected chi connectivity index (χ0v) is 14.1. The highest BCUT2D eigenvalue weighted by molar-refractivity contribution is 14.2. The summed E-state index contributed by atoms with van der Waals surface area (Å²) >= 11 is -4.57. The fourth-order valence-corrected chi connectivity index (χ4v) is 3.73. The number of aliphatic hydroxyl groups excluding tert-OH is 1. The van der Waals surface area contributed by atoms with Crippen molar-refractivity contribution in [2.45, 2.75) is 18.5 Å². The Kier molecular flexibility index (Phi) is 5.31. The van der Waals surface area contributed by atoms with Gasteiger partial charge in [-0.1, -0.05) is 18.2 Å². The third-order valence-corrected chi connectivity index (χ3v) is 5.20. The molecule has 8 nitrogen and oxygen atoms in total. The summed E-state index contributed by atoms with van der Waals surface area (Å²) in [7, 11) is 0. The summed E-state index contributed by atoms with van der Waals surface area (Å²) in [6.07, 6.45) is 1.58. The highest BCUT2D eigenvalue weighted by Crippen LogP contribution is 2.22. The molecular weight excluding hydrogens is 417 g/mol. The Morgan fingerprint density at radius 2 is 2.17 bits per heavy atom. The van der Waals surface area contributed by atoms with Crippen molar-refractivity contribution in [1.29, 1.82) is 0 Å². The van der Waals surface area contributed by atoms with Crippen LogP contribution in [0.3, 0.4) is 0 Å². The molecule has 0 fully saturated rings. The Labute approximate surface area is 140 Å². The molecule has 0 saturated heterocycles. The number of aliphatic hydroxyl groups is 1. The molecule has 2 rings (SSSR count). The number of carbonyl (C=O) groups is 2. The van der Waals surface area contributed by atoms with E-state index in [2.05, 4.69) is 4.98 Å². The summed E-state index contributed by atoms with van der Waals surface area (Å²) < 4.78 is 30.6. The summed E-state index contributed by atoms with van der Waals surface area (Å²) in [6, 6.07) is 3.45. The number of nitrogens with one attached hydrogen (secondary N) is 1. The first-order valence-electron chi connectivity index (χ1n) is 7.11. The van der Waals surface area contributed by atoms with Crippen molar-refractivity contribution < 1.29 is 22.2 Å². The molecule has 0 spiro atoms. The third-order valence-electron chi connectivity index (χ3n) is 3.31. The highest BCUT2D eigenvalue weighted by Gasteiger charge is 2.31. The van der Waals surface area contributed by atoms with Crippen LogP contribution in [0.5, 0.6) is 0 Å². The molecule has 0 aliphatic rings. The predicted octanol–water partition coefficient (Wildman–Crippen LogP) is 0.539. The van der Waals surface area contributed by atoms with Gasteiger partial charge in [0, 0.05) is 17.1 Å². The Balaban J connectivity index is 2.28. The summed E-state index contributed by atoms with van der Waals surface area (Å²) in [5, 5.41) is 9.96.